The molecule has 0 saturated carbocycles. The Labute approximate surface area is 110 Å². The molecule has 0 bridgehead atoms. The van der Waals surface area contributed by atoms with E-state index in [4.69, 9.17) is 0 Å². The van der Waals surface area contributed by atoms with Gasteiger partial charge in [0.25, 0.3) is 0 Å². The highest BCUT2D eigenvalue weighted by Gasteiger charge is 2.17. The van der Waals surface area contributed by atoms with Crippen LogP contribution in [0.25, 0.3) is 0 Å². The molecule has 0 unspecified atom stereocenters. The Morgan fingerprint density at radius 3 is 2.61 bits per heavy atom. The van der Waals surface area contributed by atoms with Crippen molar-refractivity contribution in [3.63, 3.8) is 0 Å². The van der Waals surface area contributed by atoms with Gasteiger partial charge in [0.2, 0.25) is 0 Å². The second kappa shape index (κ2) is 6.59. The summed E-state index contributed by atoms with van der Waals surface area (Å²) < 4.78 is 0. The first-order valence-corrected chi connectivity index (χ1v) is 7.01. The van der Waals surface area contributed by atoms with Gasteiger partial charge in [0.15, 0.2) is 0 Å². The summed E-state index contributed by atoms with van der Waals surface area (Å²) in [6.45, 7) is 11.0. The molecular weight excluding hydrogens is 224 g/mol. The molecule has 0 aliphatic carbocycles. The summed E-state index contributed by atoms with van der Waals surface area (Å²) in [4.78, 5) is 9.57. The number of nitrogens with one attached hydrogen (secondary N) is 1. The number of aromatic nitrogens is 1. The summed E-state index contributed by atoms with van der Waals surface area (Å²) in [5.74, 6) is 2.08. The lowest BCUT2D eigenvalue weighted by Gasteiger charge is -2.35. The van der Waals surface area contributed by atoms with E-state index in [9.17, 15) is 0 Å². The summed E-state index contributed by atoms with van der Waals surface area (Å²) in [6.07, 6.45) is 1.24. The van der Waals surface area contributed by atoms with Gasteiger partial charge in [-0.15, -0.1) is 0 Å². The van der Waals surface area contributed by atoms with Crippen LogP contribution in [0.1, 0.15) is 20.3 Å². The quantitative estimate of drug-likeness (QED) is 0.864. The highest BCUT2D eigenvalue weighted by Crippen LogP contribution is 2.16. The first-order valence-electron chi connectivity index (χ1n) is 7.01. The first-order chi connectivity index (χ1) is 8.83. The number of pyridine rings is 1. The zero-order valence-corrected chi connectivity index (χ0v) is 11.5. The molecule has 0 atom stereocenters. The Morgan fingerprint density at radius 2 is 1.94 bits per heavy atom. The molecular formula is C14H24N4. The van der Waals surface area contributed by atoms with Gasteiger partial charge < -0.3 is 10.2 Å². The van der Waals surface area contributed by atoms with Crippen LogP contribution in [0.5, 0.6) is 0 Å². The fraction of sp³-hybridized carbons (Fsp3) is 0.643. The Bertz CT molecular complexity index is 359. The smallest absolute Gasteiger partial charge is 0.131 e. The van der Waals surface area contributed by atoms with Gasteiger partial charge in [-0.3, -0.25) is 4.90 Å². The predicted octanol–water partition coefficient (Wildman–Crippen LogP) is 2.05. The molecule has 0 amide bonds. The minimum absolute atomic E-state index is 0.917. The number of nitrogens with zero attached hydrogens (tertiary/aromatic N) is 3. The normalized spacial score (nSPS) is 16.9. The van der Waals surface area contributed by atoms with Crippen molar-refractivity contribution < 1.29 is 0 Å². The van der Waals surface area contributed by atoms with Gasteiger partial charge in [-0.1, -0.05) is 13.0 Å². The maximum atomic E-state index is 4.65. The highest BCUT2D eigenvalue weighted by atomic mass is 15.3. The molecule has 2 heterocycles. The van der Waals surface area contributed by atoms with Gasteiger partial charge in [-0.25, -0.2) is 4.98 Å². The van der Waals surface area contributed by atoms with Crippen molar-refractivity contribution in [2.24, 2.45) is 0 Å². The second-order valence-electron chi connectivity index (χ2n) is 4.74. The Kier molecular flexibility index (Phi) is 4.81. The van der Waals surface area contributed by atoms with Gasteiger partial charge >= 0.3 is 0 Å². The molecule has 1 fully saturated rings. The van der Waals surface area contributed by atoms with Crippen LogP contribution in [0.3, 0.4) is 0 Å². The molecule has 1 aliphatic rings. The number of rotatable bonds is 5. The van der Waals surface area contributed by atoms with E-state index in [-0.39, 0.29) is 0 Å². The third kappa shape index (κ3) is 3.35. The molecule has 1 aliphatic heterocycles. The Balaban J connectivity index is 1.94. The van der Waals surface area contributed by atoms with E-state index in [0.29, 0.717) is 0 Å². The third-order valence-corrected chi connectivity index (χ3v) is 3.33. The third-order valence-electron chi connectivity index (χ3n) is 3.33. The molecule has 1 aromatic rings. The van der Waals surface area contributed by atoms with Crippen LogP contribution in [0, 0.1) is 0 Å². The number of hydrogen-bond acceptors (Lipinski definition) is 4. The van der Waals surface area contributed by atoms with E-state index in [1.165, 1.54) is 13.0 Å². The molecule has 100 valence electrons. The highest BCUT2D eigenvalue weighted by molar-refractivity contribution is 5.47. The predicted molar refractivity (Wildman–Crippen MR) is 77.3 cm³/mol. The molecule has 1 aromatic heterocycles. The van der Waals surface area contributed by atoms with Crippen molar-refractivity contribution in [1.82, 2.24) is 9.88 Å². The molecule has 0 spiro atoms. The van der Waals surface area contributed by atoms with Crippen molar-refractivity contribution in [2.45, 2.75) is 20.3 Å². The molecule has 0 aromatic carbocycles. The van der Waals surface area contributed by atoms with E-state index in [2.05, 4.69) is 46.1 Å². The van der Waals surface area contributed by atoms with Crippen molar-refractivity contribution in [3.8, 4) is 0 Å². The first kappa shape index (κ1) is 13.1. The van der Waals surface area contributed by atoms with Crippen LogP contribution in [-0.2, 0) is 0 Å². The van der Waals surface area contributed by atoms with E-state index in [1.54, 1.807) is 0 Å². The summed E-state index contributed by atoms with van der Waals surface area (Å²) in [6, 6.07) is 6.22. The fourth-order valence-corrected chi connectivity index (χ4v) is 2.40. The van der Waals surface area contributed by atoms with Gasteiger partial charge in [-0.2, -0.15) is 0 Å². The zero-order chi connectivity index (χ0) is 12.8. The summed E-state index contributed by atoms with van der Waals surface area (Å²) in [5.41, 5.74) is 0. The van der Waals surface area contributed by atoms with Crippen LogP contribution in [0.2, 0.25) is 0 Å². The lowest BCUT2D eigenvalue weighted by Crippen LogP contribution is -2.46. The molecule has 18 heavy (non-hydrogen) atoms. The summed E-state index contributed by atoms with van der Waals surface area (Å²) in [5, 5.41) is 3.27. The summed E-state index contributed by atoms with van der Waals surface area (Å²) in [7, 11) is 0. The molecule has 1 N–H and O–H groups in total. The Morgan fingerprint density at radius 1 is 1.17 bits per heavy atom. The maximum absolute atomic E-state index is 4.65. The topological polar surface area (TPSA) is 31.4 Å². The zero-order valence-electron chi connectivity index (χ0n) is 11.5. The standard InChI is InChI=1S/C14H24N4/c1-3-8-17-9-11-18(12-10-17)14-7-5-6-13(16-14)15-4-2/h5-7H,3-4,8-12H2,1-2H3,(H,15,16). The van der Waals surface area contributed by atoms with Crippen LogP contribution >= 0.6 is 0 Å². The van der Waals surface area contributed by atoms with Crippen molar-refractivity contribution >= 4 is 11.6 Å². The van der Waals surface area contributed by atoms with E-state index in [1.807, 2.05) is 6.07 Å². The fourth-order valence-electron chi connectivity index (χ4n) is 2.40. The molecule has 2 rings (SSSR count). The van der Waals surface area contributed by atoms with Crippen molar-refractivity contribution in [1.29, 1.82) is 0 Å². The second-order valence-corrected chi connectivity index (χ2v) is 4.74. The number of hydrogen-bond donors (Lipinski definition) is 1. The number of anilines is 2. The average molecular weight is 248 g/mol. The SMILES string of the molecule is CCCN1CCN(c2cccc(NCC)n2)CC1. The van der Waals surface area contributed by atoms with E-state index in [0.717, 1.165) is 44.4 Å². The summed E-state index contributed by atoms with van der Waals surface area (Å²) >= 11 is 0. The lowest BCUT2D eigenvalue weighted by molar-refractivity contribution is 0.258. The van der Waals surface area contributed by atoms with Crippen LogP contribution in [-0.4, -0.2) is 49.2 Å². The minimum atomic E-state index is 0.917. The molecule has 0 radical (unpaired) electrons. The maximum Gasteiger partial charge on any atom is 0.131 e. The van der Waals surface area contributed by atoms with Crippen LogP contribution in [0.15, 0.2) is 18.2 Å². The van der Waals surface area contributed by atoms with E-state index >= 15 is 0 Å². The average Bonchev–Trinajstić information content (AvgIpc) is 2.41. The number of piperazine rings is 1. The van der Waals surface area contributed by atoms with Gasteiger partial charge in [0.1, 0.15) is 11.6 Å². The minimum Gasteiger partial charge on any atom is -0.370 e. The lowest BCUT2D eigenvalue weighted by atomic mass is 10.3. The largest absolute Gasteiger partial charge is 0.370 e. The molecule has 4 heteroatoms. The van der Waals surface area contributed by atoms with E-state index < -0.39 is 0 Å². The Hall–Kier alpha value is -1.29. The monoisotopic (exact) mass is 248 g/mol. The van der Waals surface area contributed by atoms with Crippen LogP contribution in [0.4, 0.5) is 11.6 Å². The van der Waals surface area contributed by atoms with Crippen molar-refractivity contribution in [3.05, 3.63) is 18.2 Å². The molecule has 4 nitrogen and oxygen atoms in total. The van der Waals surface area contributed by atoms with Gasteiger partial charge in [-0.05, 0) is 32.0 Å². The molecule has 1 saturated heterocycles. The van der Waals surface area contributed by atoms with Gasteiger partial charge in [0, 0.05) is 32.7 Å². The van der Waals surface area contributed by atoms with Gasteiger partial charge in [0.05, 0.1) is 0 Å². The van der Waals surface area contributed by atoms with Crippen molar-refractivity contribution in [2.75, 3.05) is 49.5 Å². The van der Waals surface area contributed by atoms with Crippen LogP contribution < -0.4 is 10.2 Å².